The Bertz CT molecular complexity index is 496. The van der Waals surface area contributed by atoms with Gasteiger partial charge in [-0.2, -0.15) is 0 Å². The molecule has 0 rings (SSSR count). The molecule has 0 unspecified atom stereocenters. The van der Waals surface area contributed by atoms with Crippen molar-refractivity contribution < 1.29 is 38.1 Å². The van der Waals surface area contributed by atoms with E-state index < -0.39 is 24.1 Å². The van der Waals surface area contributed by atoms with E-state index in [2.05, 4.69) is 23.8 Å². The molecule has 146 valence electrons. The van der Waals surface area contributed by atoms with Crippen molar-refractivity contribution in [2.75, 3.05) is 39.5 Å². The third-order valence-electron chi connectivity index (χ3n) is 2.46. The largest absolute Gasteiger partial charge is 0.460 e. The van der Waals surface area contributed by atoms with E-state index in [9.17, 15) is 19.2 Å². The van der Waals surface area contributed by atoms with Gasteiger partial charge in [0.2, 0.25) is 0 Å². The number of amides is 2. The molecule has 0 saturated carbocycles. The monoisotopic (exact) mass is 372 g/mol. The molecule has 26 heavy (non-hydrogen) atoms. The molecule has 0 aromatic rings. The lowest BCUT2D eigenvalue weighted by atomic mass is 10.4. The topological polar surface area (TPSA) is 129 Å². The number of carbonyl (C=O) groups excluding carboxylic acids is 4. The Morgan fingerprint density at radius 3 is 1.31 bits per heavy atom. The van der Waals surface area contributed by atoms with Crippen molar-refractivity contribution >= 4 is 24.1 Å². The van der Waals surface area contributed by atoms with Crippen LogP contribution in [0.15, 0.2) is 24.3 Å². The Morgan fingerprint density at radius 2 is 1.00 bits per heavy atom. The third kappa shape index (κ3) is 12.4. The highest BCUT2D eigenvalue weighted by Gasteiger charge is 2.07. The summed E-state index contributed by atoms with van der Waals surface area (Å²) in [6.07, 6.45) is -1.49. The van der Waals surface area contributed by atoms with E-state index in [1.54, 1.807) is 0 Å². The van der Waals surface area contributed by atoms with Gasteiger partial charge in [-0.15, -0.1) is 0 Å². The van der Waals surface area contributed by atoms with Gasteiger partial charge in [0.15, 0.2) is 0 Å². The van der Waals surface area contributed by atoms with Gasteiger partial charge >= 0.3 is 24.1 Å². The van der Waals surface area contributed by atoms with Gasteiger partial charge in [0.25, 0.3) is 0 Å². The van der Waals surface area contributed by atoms with Crippen LogP contribution in [0.5, 0.6) is 0 Å². The van der Waals surface area contributed by atoms with E-state index in [0.29, 0.717) is 0 Å². The SMILES string of the molecule is C=C(C)C(=O)OCCNC(=O)OCCOC(=O)NCCOC(=O)C(=C)C. The maximum atomic E-state index is 11.3. The highest BCUT2D eigenvalue weighted by atomic mass is 16.6. The molecule has 0 aliphatic heterocycles. The van der Waals surface area contributed by atoms with Gasteiger partial charge in [-0.1, -0.05) is 13.2 Å². The van der Waals surface area contributed by atoms with Crippen LogP contribution in [-0.2, 0) is 28.5 Å². The van der Waals surface area contributed by atoms with Crippen molar-refractivity contribution in [1.82, 2.24) is 10.6 Å². The lowest BCUT2D eigenvalue weighted by Crippen LogP contribution is -2.31. The van der Waals surface area contributed by atoms with E-state index in [1.165, 1.54) is 13.8 Å². The fourth-order valence-corrected chi connectivity index (χ4v) is 1.21. The molecule has 0 aliphatic carbocycles. The lowest BCUT2D eigenvalue weighted by Gasteiger charge is -2.09. The number of hydrogen-bond acceptors (Lipinski definition) is 8. The van der Waals surface area contributed by atoms with Gasteiger partial charge < -0.3 is 29.6 Å². The maximum absolute atomic E-state index is 11.3. The molecule has 0 atom stereocenters. The van der Waals surface area contributed by atoms with Crippen LogP contribution >= 0.6 is 0 Å². The van der Waals surface area contributed by atoms with Crippen molar-refractivity contribution in [1.29, 1.82) is 0 Å². The van der Waals surface area contributed by atoms with Crippen molar-refractivity contribution in [3.8, 4) is 0 Å². The quantitative estimate of drug-likeness (QED) is 0.234. The molecule has 0 heterocycles. The molecule has 0 saturated heterocycles. The first-order valence-electron chi connectivity index (χ1n) is 7.70. The molecule has 10 heteroatoms. The number of alkyl carbamates (subject to hydrolysis) is 2. The first-order chi connectivity index (χ1) is 12.2. The summed E-state index contributed by atoms with van der Waals surface area (Å²) in [5.74, 6) is -1.09. The summed E-state index contributed by atoms with van der Waals surface area (Å²) in [6.45, 7) is 9.63. The summed E-state index contributed by atoms with van der Waals surface area (Å²) in [5, 5.41) is 4.69. The summed E-state index contributed by atoms with van der Waals surface area (Å²) >= 11 is 0. The van der Waals surface area contributed by atoms with Crippen LogP contribution in [-0.4, -0.2) is 63.6 Å². The molecule has 0 fully saturated rings. The number of nitrogens with one attached hydrogen (secondary N) is 2. The molecule has 0 aromatic heterocycles. The van der Waals surface area contributed by atoms with Crippen molar-refractivity contribution in [3.63, 3.8) is 0 Å². The Labute approximate surface area is 151 Å². The number of rotatable bonds is 11. The number of hydrogen-bond donors (Lipinski definition) is 2. The Morgan fingerprint density at radius 1 is 0.654 bits per heavy atom. The van der Waals surface area contributed by atoms with E-state index >= 15 is 0 Å². The average Bonchev–Trinajstić information content (AvgIpc) is 2.58. The van der Waals surface area contributed by atoms with Crippen LogP contribution in [0.2, 0.25) is 0 Å². The van der Waals surface area contributed by atoms with Gasteiger partial charge in [0, 0.05) is 11.1 Å². The van der Waals surface area contributed by atoms with Crippen molar-refractivity contribution in [2.45, 2.75) is 13.8 Å². The molecule has 0 aromatic carbocycles. The minimum atomic E-state index is -0.743. The molecule has 0 aliphatic rings. The van der Waals surface area contributed by atoms with Crippen molar-refractivity contribution in [2.24, 2.45) is 0 Å². The molecule has 2 N–H and O–H groups in total. The standard InChI is InChI=1S/C16H24N2O8/c1-11(2)13(19)23-7-5-17-15(21)25-9-10-26-16(22)18-6-8-24-14(20)12(3)4/h1,3,5-10H2,2,4H3,(H,17,21)(H,18,22). The van der Waals surface area contributed by atoms with E-state index in [4.69, 9.17) is 18.9 Å². The summed E-state index contributed by atoms with van der Waals surface area (Å²) in [4.78, 5) is 44.7. The third-order valence-corrected chi connectivity index (χ3v) is 2.46. The first-order valence-corrected chi connectivity index (χ1v) is 7.70. The van der Waals surface area contributed by atoms with Crippen LogP contribution in [0.4, 0.5) is 9.59 Å². The molecule has 0 radical (unpaired) electrons. The van der Waals surface area contributed by atoms with E-state index in [1.807, 2.05) is 0 Å². The van der Waals surface area contributed by atoms with Gasteiger partial charge in [0.05, 0.1) is 13.1 Å². The zero-order chi connectivity index (χ0) is 19.9. The molecule has 10 nitrogen and oxygen atoms in total. The van der Waals surface area contributed by atoms with Gasteiger partial charge in [-0.05, 0) is 13.8 Å². The van der Waals surface area contributed by atoms with E-state index in [0.717, 1.165) is 0 Å². The number of esters is 2. The molecule has 0 spiro atoms. The lowest BCUT2D eigenvalue weighted by molar-refractivity contribution is -0.139. The van der Waals surface area contributed by atoms with Gasteiger partial charge in [-0.3, -0.25) is 0 Å². The predicted molar refractivity (Wildman–Crippen MR) is 90.2 cm³/mol. The minimum absolute atomic E-state index is 0.0182. The second-order valence-electron chi connectivity index (χ2n) is 4.96. The van der Waals surface area contributed by atoms with Crippen LogP contribution < -0.4 is 10.6 Å². The fourth-order valence-electron chi connectivity index (χ4n) is 1.21. The fraction of sp³-hybridized carbons (Fsp3) is 0.500. The molecule has 2 amide bonds. The molecule has 0 bridgehead atoms. The maximum Gasteiger partial charge on any atom is 0.407 e. The Balaban J connectivity index is 3.57. The minimum Gasteiger partial charge on any atom is -0.460 e. The highest BCUT2D eigenvalue weighted by molar-refractivity contribution is 5.87. The molecular weight excluding hydrogens is 348 g/mol. The number of carbonyl (C=O) groups is 4. The predicted octanol–water partition coefficient (Wildman–Crippen LogP) is 0.677. The summed E-state index contributed by atoms with van der Waals surface area (Å²) in [7, 11) is 0. The second-order valence-corrected chi connectivity index (χ2v) is 4.96. The first kappa shape index (κ1) is 23.0. The Hall–Kier alpha value is -3.04. The van der Waals surface area contributed by atoms with Crippen molar-refractivity contribution in [3.05, 3.63) is 24.3 Å². The average molecular weight is 372 g/mol. The summed E-state index contributed by atoms with van der Waals surface area (Å²) in [6, 6.07) is 0. The summed E-state index contributed by atoms with van der Waals surface area (Å²) < 4.78 is 19.0. The second kappa shape index (κ2) is 13.3. The van der Waals surface area contributed by atoms with Gasteiger partial charge in [-0.25, -0.2) is 19.2 Å². The van der Waals surface area contributed by atoms with Crippen LogP contribution in [0.1, 0.15) is 13.8 Å². The Kier molecular flexibility index (Phi) is 11.7. The summed E-state index contributed by atoms with van der Waals surface area (Å²) in [5.41, 5.74) is 0.522. The smallest absolute Gasteiger partial charge is 0.407 e. The van der Waals surface area contributed by atoms with Gasteiger partial charge in [0.1, 0.15) is 26.4 Å². The van der Waals surface area contributed by atoms with Crippen LogP contribution in [0.25, 0.3) is 0 Å². The highest BCUT2D eigenvalue weighted by Crippen LogP contribution is 1.91. The number of ether oxygens (including phenoxy) is 4. The van der Waals surface area contributed by atoms with Crippen LogP contribution in [0.3, 0.4) is 0 Å². The molecular formula is C16H24N2O8. The zero-order valence-electron chi connectivity index (χ0n) is 14.9. The van der Waals surface area contributed by atoms with Crippen LogP contribution in [0, 0.1) is 0 Å². The normalized spacial score (nSPS) is 9.46. The zero-order valence-corrected chi connectivity index (χ0v) is 14.9. The van der Waals surface area contributed by atoms with E-state index in [-0.39, 0.29) is 50.7 Å².